The first-order chi connectivity index (χ1) is 22.3. The number of amidine groups is 1. The molecule has 5 rings (SSSR count). The molecule has 0 saturated carbocycles. The lowest BCUT2D eigenvalue weighted by Crippen LogP contribution is -2.50. The van der Waals surface area contributed by atoms with Crippen LogP contribution in [0.25, 0.3) is 0 Å². The Kier molecular flexibility index (Phi) is 12.2. The number of aliphatic imine (C=N–C) groups is 2. The number of carbonyl (C=O) groups excluding carboxylic acids is 1. The summed E-state index contributed by atoms with van der Waals surface area (Å²) in [6.07, 6.45) is 4.96. The first-order valence-electron chi connectivity index (χ1n) is 16.7. The van der Waals surface area contributed by atoms with E-state index in [2.05, 4.69) is 70.8 Å². The minimum Gasteiger partial charge on any atom is -0.298 e. The number of likely N-dealkylation sites (tertiary alicyclic amines) is 2. The number of sulfonamides is 2. The van der Waals surface area contributed by atoms with E-state index in [0.29, 0.717) is 17.9 Å². The summed E-state index contributed by atoms with van der Waals surface area (Å²) in [6.45, 7) is 18.6. The summed E-state index contributed by atoms with van der Waals surface area (Å²) < 4.78 is 56.2. The van der Waals surface area contributed by atoms with E-state index in [4.69, 9.17) is 0 Å². The normalized spacial score (nSPS) is 19.1. The van der Waals surface area contributed by atoms with Crippen LogP contribution in [0.2, 0.25) is 0 Å². The quantitative estimate of drug-likeness (QED) is 0.387. The molecule has 2 aromatic carbocycles. The number of Topliss-reactive ketones (excluding diaryl/α,β-unsaturated/α-hetero) is 1. The molecule has 48 heavy (non-hydrogen) atoms. The van der Waals surface area contributed by atoms with E-state index < -0.39 is 20.0 Å². The van der Waals surface area contributed by atoms with Crippen molar-refractivity contribution in [3.05, 3.63) is 59.7 Å². The van der Waals surface area contributed by atoms with Crippen molar-refractivity contribution < 1.29 is 21.6 Å². The maximum absolute atomic E-state index is 12.7. The molecule has 0 spiro atoms. The summed E-state index contributed by atoms with van der Waals surface area (Å²) in [7, 11) is -7.13. The van der Waals surface area contributed by atoms with Crippen molar-refractivity contribution >= 4 is 37.9 Å². The minimum absolute atomic E-state index is 0.0194. The Morgan fingerprint density at radius 3 is 1.60 bits per heavy atom. The fraction of sp³-hybridized carbons (Fsp3) is 0.571. The molecule has 13 heteroatoms. The summed E-state index contributed by atoms with van der Waals surface area (Å²) in [5, 5.41) is 0. The Labute approximate surface area is 287 Å². The van der Waals surface area contributed by atoms with Crippen LogP contribution in [0.15, 0.2) is 68.3 Å². The molecule has 2 saturated heterocycles. The highest BCUT2D eigenvalue weighted by molar-refractivity contribution is 7.89. The zero-order chi connectivity index (χ0) is 35.3. The Balaban J connectivity index is 0.000000218. The number of hydrogen-bond donors (Lipinski definition) is 2. The maximum atomic E-state index is 12.7. The van der Waals surface area contributed by atoms with Gasteiger partial charge < -0.3 is 0 Å². The third-order valence-electron chi connectivity index (χ3n) is 9.02. The van der Waals surface area contributed by atoms with Gasteiger partial charge in [0, 0.05) is 66.7 Å². The number of carbonyl (C=O) groups is 1. The molecule has 3 aliphatic rings. The number of benzene rings is 2. The van der Waals surface area contributed by atoms with Gasteiger partial charge in [-0.05, 0) is 98.4 Å². The highest BCUT2D eigenvalue weighted by atomic mass is 32.2. The van der Waals surface area contributed by atoms with Gasteiger partial charge in [0.1, 0.15) is 0 Å². The molecule has 264 valence electrons. The monoisotopic (exact) mass is 700 g/mol. The van der Waals surface area contributed by atoms with Crippen LogP contribution in [0.3, 0.4) is 0 Å². The number of nitrogens with zero attached hydrogens (tertiary/aromatic N) is 4. The van der Waals surface area contributed by atoms with E-state index in [1.165, 1.54) is 19.1 Å². The maximum Gasteiger partial charge on any atom is 0.240 e. The van der Waals surface area contributed by atoms with Gasteiger partial charge in [-0.25, -0.2) is 31.3 Å². The molecular weight excluding hydrogens is 649 g/mol. The molecule has 3 heterocycles. The molecule has 0 aliphatic carbocycles. The van der Waals surface area contributed by atoms with Crippen molar-refractivity contribution in [3.63, 3.8) is 0 Å². The Hall–Kier alpha value is -2.81. The molecule has 0 radical (unpaired) electrons. The predicted molar refractivity (Wildman–Crippen MR) is 192 cm³/mol. The third-order valence-corrected chi connectivity index (χ3v) is 12.1. The molecule has 0 aromatic heterocycles. The topological polar surface area (TPSA) is 141 Å². The summed E-state index contributed by atoms with van der Waals surface area (Å²) in [6, 6.07) is 13.0. The number of ketones is 1. The summed E-state index contributed by atoms with van der Waals surface area (Å²) >= 11 is 0. The smallest absolute Gasteiger partial charge is 0.240 e. The second kappa shape index (κ2) is 15.4. The first-order valence-corrected chi connectivity index (χ1v) is 19.6. The lowest BCUT2D eigenvalue weighted by Gasteiger charge is -2.40. The van der Waals surface area contributed by atoms with Gasteiger partial charge in [-0.3, -0.25) is 19.6 Å². The molecule has 2 fully saturated rings. The SMILES string of the molecule is CC(=O)c1cccc(S(=O)(=O)NC2CCN(C(C)(C)C)CC2)c1.CC(C)(C)N1CCC(NS(=O)(=O)c2cccc(C3=NCC=N3)c2)CC1. The molecular formula is C35H52N6O5S2. The second-order valence-electron chi connectivity index (χ2n) is 14.7. The van der Waals surface area contributed by atoms with Gasteiger partial charge in [0.25, 0.3) is 0 Å². The lowest BCUT2D eigenvalue weighted by atomic mass is 9.99. The molecule has 3 aliphatic heterocycles. The zero-order valence-electron chi connectivity index (χ0n) is 29.4. The van der Waals surface area contributed by atoms with Gasteiger partial charge in [0.05, 0.1) is 16.3 Å². The van der Waals surface area contributed by atoms with Crippen molar-refractivity contribution in [3.8, 4) is 0 Å². The van der Waals surface area contributed by atoms with Crippen LogP contribution >= 0.6 is 0 Å². The van der Waals surface area contributed by atoms with Crippen molar-refractivity contribution in [2.24, 2.45) is 9.98 Å². The van der Waals surface area contributed by atoms with Crippen LogP contribution < -0.4 is 9.44 Å². The minimum atomic E-state index is -3.59. The van der Waals surface area contributed by atoms with Crippen LogP contribution in [0, 0.1) is 0 Å². The first kappa shape index (κ1) is 38.0. The number of piperidine rings is 2. The molecule has 2 N–H and O–H groups in total. The van der Waals surface area contributed by atoms with Gasteiger partial charge >= 0.3 is 0 Å². The highest BCUT2D eigenvalue weighted by Crippen LogP contribution is 2.23. The average molecular weight is 701 g/mol. The number of hydrogen-bond acceptors (Lipinski definition) is 9. The fourth-order valence-electron chi connectivity index (χ4n) is 6.06. The van der Waals surface area contributed by atoms with Gasteiger partial charge in [-0.15, -0.1) is 0 Å². The summed E-state index contributed by atoms with van der Waals surface area (Å²) in [5.74, 6) is 0.455. The Bertz CT molecular complexity index is 1710. The van der Waals surface area contributed by atoms with Crippen molar-refractivity contribution in [1.29, 1.82) is 0 Å². The Morgan fingerprint density at radius 1 is 0.729 bits per heavy atom. The van der Waals surface area contributed by atoms with Gasteiger partial charge in [-0.1, -0.05) is 24.3 Å². The van der Waals surface area contributed by atoms with Crippen LogP contribution in [-0.4, -0.2) is 100 Å². The summed E-state index contributed by atoms with van der Waals surface area (Å²) in [4.78, 5) is 25.0. The van der Waals surface area contributed by atoms with E-state index >= 15 is 0 Å². The van der Waals surface area contributed by atoms with Crippen molar-refractivity contribution in [2.45, 2.75) is 107 Å². The van der Waals surface area contributed by atoms with E-state index in [1.807, 2.05) is 6.07 Å². The third kappa shape index (κ3) is 10.3. The largest absolute Gasteiger partial charge is 0.298 e. The molecule has 0 bridgehead atoms. The average Bonchev–Trinajstić information content (AvgIpc) is 3.56. The molecule has 0 atom stereocenters. The number of nitrogens with one attached hydrogen (secondary N) is 2. The van der Waals surface area contributed by atoms with Gasteiger partial charge in [0.2, 0.25) is 20.0 Å². The molecule has 2 aromatic rings. The van der Waals surface area contributed by atoms with Gasteiger partial charge in [-0.2, -0.15) is 0 Å². The molecule has 0 amide bonds. The van der Waals surface area contributed by atoms with Gasteiger partial charge in [0.15, 0.2) is 11.6 Å². The van der Waals surface area contributed by atoms with Crippen LogP contribution in [0.5, 0.6) is 0 Å². The second-order valence-corrected chi connectivity index (χ2v) is 18.1. The molecule has 0 unspecified atom stereocenters. The van der Waals surface area contributed by atoms with Crippen LogP contribution in [-0.2, 0) is 20.0 Å². The van der Waals surface area contributed by atoms with E-state index in [-0.39, 0.29) is 38.7 Å². The Morgan fingerprint density at radius 2 is 1.19 bits per heavy atom. The van der Waals surface area contributed by atoms with Crippen LogP contribution in [0.1, 0.15) is 90.1 Å². The standard InChI is InChI=1S/C18H26N4O2S.C17H26N2O3S/c1-18(2,3)22-11-7-15(8-12-22)21-25(23,24)16-6-4-5-14(13-16)17-19-9-10-20-17;1-13(20)14-6-5-7-16(12-14)23(21,22)18-15-8-10-19(11-9-15)17(2,3)4/h4-6,9,13,15,21H,7-8,10-12H2,1-3H3;5-7,12,15,18H,8-11H2,1-4H3. The predicted octanol–water partition coefficient (Wildman–Crippen LogP) is 4.49. The van der Waals surface area contributed by atoms with E-state index in [0.717, 1.165) is 57.4 Å². The highest BCUT2D eigenvalue weighted by Gasteiger charge is 2.31. The van der Waals surface area contributed by atoms with E-state index in [1.54, 1.807) is 36.5 Å². The van der Waals surface area contributed by atoms with E-state index in [9.17, 15) is 21.6 Å². The van der Waals surface area contributed by atoms with Crippen molar-refractivity contribution in [1.82, 2.24) is 19.2 Å². The van der Waals surface area contributed by atoms with Crippen LogP contribution in [0.4, 0.5) is 0 Å². The fourth-order valence-corrected chi connectivity index (χ4v) is 8.76. The zero-order valence-corrected chi connectivity index (χ0v) is 31.0. The molecule has 11 nitrogen and oxygen atoms in total. The van der Waals surface area contributed by atoms with Crippen molar-refractivity contribution in [2.75, 3.05) is 32.7 Å². The lowest BCUT2D eigenvalue weighted by molar-refractivity contribution is 0.100. The number of rotatable bonds is 8. The summed E-state index contributed by atoms with van der Waals surface area (Å²) in [5.41, 5.74) is 1.38.